The molecule has 2 aromatic heterocycles. The SMILES string of the molecule is CCCCOn1c(=O)c(C(=O)O)c(NCC2CCCCC2)c2cncnc21. The van der Waals surface area contributed by atoms with E-state index in [4.69, 9.17) is 4.84 Å². The van der Waals surface area contributed by atoms with Crippen LogP contribution in [0.15, 0.2) is 17.3 Å². The van der Waals surface area contributed by atoms with Crippen LogP contribution in [0.3, 0.4) is 0 Å². The molecule has 146 valence electrons. The van der Waals surface area contributed by atoms with Crippen LogP contribution in [-0.2, 0) is 0 Å². The van der Waals surface area contributed by atoms with Gasteiger partial charge in [0.25, 0.3) is 0 Å². The minimum Gasteiger partial charge on any atom is -0.477 e. The van der Waals surface area contributed by atoms with Gasteiger partial charge in [-0.1, -0.05) is 32.6 Å². The molecule has 8 heteroatoms. The zero-order chi connectivity index (χ0) is 19.2. The zero-order valence-electron chi connectivity index (χ0n) is 15.6. The van der Waals surface area contributed by atoms with Gasteiger partial charge in [-0.25, -0.2) is 14.8 Å². The summed E-state index contributed by atoms with van der Waals surface area (Å²) in [7, 11) is 0. The molecule has 3 rings (SSSR count). The summed E-state index contributed by atoms with van der Waals surface area (Å²) < 4.78 is 0.988. The molecule has 0 radical (unpaired) electrons. The highest BCUT2D eigenvalue weighted by Crippen LogP contribution is 2.27. The first-order valence-electron chi connectivity index (χ1n) is 9.62. The Hall–Kier alpha value is -2.64. The number of carboxylic acids is 1. The average Bonchev–Trinajstić information content (AvgIpc) is 2.68. The van der Waals surface area contributed by atoms with E-state index in [1.165, 1.54) is 31.8 Å². The van der Waals surface area contributed by atoms with Crippen molar-refractivity contribution in [1.29, 1.82) is 0 Å². The number of anilines is 1. The van der Waals surface area contributed by atoms with Gasteiger partial charge in [0.15, 0.2) is 11.2 Å². The molecule has 8 nitrogen and oxygen atoms in total. The molecule has 27 heavy (non-hydrogen) atoms. The molecule has 0 amide bonds. The van der Waals surface area contributed by atoms with E-state index in [9.17, 15) is 14.7 Å². The normalized spacial score (nSPS) is 15.0. The Balaban J connectivity index is 2.03. The van der Waals surface area contributed by atoms with Crippen LogP contribution in [0.4, 0.5) is 5.69 Å². The van der Waals surface area contributed by atoms with Gasteiger partial charge in [0, 0.05) is 12.7 Å². The number of fused-ring (bicyclic) bond motifs is 1. The van der Waals surface area contributed by atoms with Gasteiger partial charge < -0.3 is 15.3 Å². The molecule has 0 unspecified atom stereocenters. The maximum atomic E-state index is 12.8. The van der Waals surface area contributed by atoms with Gasteiger partial charge in [-0.2, -0.15) is 0 Å². The van der Waals surface area contributed by atoms with Gasteiger partial charge in [0.1, 0.15) is 12.9 Å². The van der Waals surface area contributed by atoms with Crippen LogP contribution in [0.25, 0.3) is 11.0 Å². The molecule has 1 aliphatic rings. The molecule has 2 aromatic rings. The highest BCUT2D eigenvalue weighted by atomic mass is 16.7. The number of aromatic nitrogens is 3. The first kappa shape index (κ1) is 19.1. The number of nitrogens with zero attached hydrogens (tertiary/aromatic N) is 3. The number of pyridine rings is 1. The van der Waals surface area contributed by atoms with Gasteiger partial charge in [0.2, 0.25) is 0 Å². The fourth-order valence-corrected chi connectivity index (χ4v) is 3.54. The third kappa shape index (κ3) is 4.20. The largest absolute Gasteiger partial charge is 0.477 e. The molecule has 1 aliphatic carbocycles. The average molecular weight is 374 g/mol. The number of nitrogens with one attached hydrogen (secondary N) is 1. The van der Waals surface area contributed by atoms with Crippen molar-refractivity contribution in [3.8, 4) is 0 Å². The van der Waals surface area contributed by atoms with E-state index < -0.39 is 11.5 Å². The molecule has 2 heterocycles. The van der Waals surface area contributed by atoms with Crippen molar-refractivity contribution in [2.45, 2.75) is 51.9 Å². The molecule has 0 atom stereocenters. The molecule has 1 fully saturated rings. The summed E-state index contributed by atoms with van der Waals surface area (Å²) in [5, 5.41) is 13.4. The van der Waals surface area contributed by atoms with Gasteiger partial charge in [0.05, 0.1) is 11.1 Å². The summed E-state index contributed by atoms with van der Waals surface area (Å²) in [6.45, 7) is 2.95. The van der Waals surface area contributed by atoms with Crippen LogP contribution in [0.2, 0.25) is 0 Å². The predicted molar refractivity (Wildman–Crippen MR) is 102 cm³/mol. The summed E-state index contributed by atoms with van der Waals surface area (Å²) in [6.07, 6.45) is 10.4. The van der Waals surface area contributed by atoms with Crippen molar-refractivity contribution in [3.63, 3.8) is 0 Å². The van der Waals surface area contributed by atoms with Crippen molar-refractivity contribution in [1.82, 2.24) is 14.7 Å². The summed E-state index contributed by atoms with van der Waals surface area (Å²) in [6, 6.07) is 0. The Morgan fingerprint density at radius 1 is 1.37 bits per heavy atom. The number of rotatable bonds is 8. The number of unbranched alkanes of at least 4 members (excludes halogenated alkanes) is 1. The van der Waals surface area contributed by atoms with Gasteiger partial charge >= 0.3 is 11.5 Å². The monoisotopic (exact) mass is 374 g/mol. The van der Waals surface area contributed by atoms with E-state index in [-0.39, 0.29) is 16.9 Å². The van der Waals surface area contributed by atoms with E-state index in [1.807, 2.05) is 6.92 Å². The quantitative estimate of drug-likeness (QED) is 0.684. The molecular formula is C19H26N4O4. The Labute approximate surface area is 157 Å². The minimum absolute atomic E-state index is 0.280. The van der Waals surface area contributed by atoms with Crippen LogP contribution >= 0.6 is 0 Å². The minimum atomic E-state index is -1.29. The first-order chi connectivity index (χ1) is 13.1. The highest BCUT2D eigenvalue weighted by molar-refractivity contribution is 6.03. The number of carboxylic acid groups (broad SMARTS) is 1. The topological polar surface area (TPSA) is 106 Å². The summed E-state index contributed by atoms with van der Waals surface area (Å²) in [4.78, 5) is 38.5. The molecular weight excluding hydrogens is 348 g/mol. The lowest BCUT2D eigenvalue weighted by molar-refractivity contribution is 0.0682. The molecule has 0 spiro atoms. The second-order valence-corrected chi connectivity index (χ2v) is 6.99. The zero-order valence-corrected chi connectivity index (χ0v) is 15.6. The van der Waals surface area contributed by atoms with Gasteiger partial charge in [-0.05, 0) is 25.2 Å². The molecule has 0 aromatic carbocycles. The highest BCUT2D eigenvalue weighted by Gasteiger charge is 2.24. The smallest absolute Gasteiger partial charge is 0.343 e. The second-order valence-electron chi connectivity index (χ2n) is 6.99. The van der Waals surface area contributed by atoms with Crippen LogP contribution in [0.5, 0.6) is 0 Å². The number of hydrogen-bond acceptors (Lipinski definition) is 6. The molecule has 1 saturated carbocycles. The Morgan fingerprint density at radius 3 is 2.85 bits per heavy atom. The van der Waals surface area contributed by atoms with E-state index >= 15 is 0 Å². The number of aromatic carboxylic acids is 1. The maximum Gasteiger partial charge on any atom is 0.343 e. The molecule has 0 saturated heterocycles. The predicted octanol–water partition coefficient (Wildman–Crippen LogP) is 2.71. The van der Waals surface area contributed by atoms with Crippen molar-refractivity contribution < 1.29 is 14.7 Å². The van der Waals surface area contributed by atoms with Gasteiger partial charge in [-0.15, -0.1) is 4.73 Å². The Kier molecular flexibility index (Phi) is 6.26. The Bertz CT molecular complexity index is 859. The molecule has 0 bridgehead atoms. The van der Waals surface area contributed by atoms with Crippen molar-refractivity contribution in [2.24, 2.45) is 5.92 Å². The lowest BCUT2D eigenvalue weighted by Crippen LogP contribution is -2.34. The summed E-state index contributed by atoms with van der Waals surface area (Å²) in [5.41, 5.74) is -0.480. The second kappa shape index (κ2) is 8.83. The van der Waals surface area contributed by atoms with Crippen LogP contribution in [0.1, 0.15) is 62.2 Å². The van der Waals surface area contributed by atoms with Crippen LogP contribution < -0.4 is 15.7 Å². The van der Waals surface area contributed by atoms with Crippen LogP contribution in [-0.4, -0.2) is 38.9 Å². The lowest BCUT2D eigenvalue weighted by Gasteiger charge is -2.23. The third-order valence-corrected chi connectivity index (χ3v) is 5.03. The van der Waals surface area contributed by atoms with E-state index in [0.29, 0.717) is 24.5 Å². The van der Waals surface area contributed by atoms with Gasteiger partial charge in [-0.3, -0.25) is 4.79 Å². The Morgan fingerprint density at radius 2 is 2.15 bits per heavy atom. The third-order valence-electron chi connectivity index (χ3n) is 5.03. The lowest BCUT2D eigenvalue weighted by atomic mass is 9.89. The van der Waals surface area contributed by atoms with Crippen LogP contribution in [0, 0.1) is 5.92 Å². The maximum absolute atomic E-state index is 12.8. The number of hydrogen-bond donors (Lipinski definition) is 2. The molecule has 2 N–H and O–H groups in total. The van der Waals surface area contributed by atoms with E-state index in [2.05, 4.69) is 15.3 Å². The van der Waals surface area contributed by atoms with E-state index in [0.717, 1.165) is 30.4 Å². The standard InChI is InChI=1S/C19H26N4O4/c1-2-3-9-27-23-17-14(11-20-12-22-17)16(15(18(23)24)19(25)26)21-10-13-7-5-4-6-8-13/h11-13,21H,2-10H2,1H3,(H,25,26). The fourth-order valence-electron chi connectivity index (χ4n) is 3.54. The van der Waals surface area contributed by atoms with Crippen molar-refractivity contribution >= 4 is 22.7 Å². The van der Waals surface area contributed by atoms with Crippen molar-refractivity contribution in [2.75, 3.05) is 18.5 Å². The molecule has 0 aliphatic heterocycles. The summed E-state index contributed by atoms with van der Waals surface area (Å²) >= 11 is 0. The summed E-state index contributed by atoms with van der Waals surface area (Å²) in [5.74, 6) is -0.812. The van der Waals surface area contributed by atoms with E-state index in [1.54, 1.807) is 0 Å². The first-order valence-corrected chi connectivity index (χ1v) is 9.62. The van der Waals surface area contributed by atoms with Crippen molar-refractivity contribution in [3.05, 3.63) is 28.4 Å². The fraction of sp³-hybridized carbons (Fsp3) is 0.579. The number of carbonyl (C=O) groups is 1.